The van der Waals surface area contributed by atoms with Gasteiger partial charge in [-0.25, -0.2) is 4.98 Å². The zero-order valence-electron chi connectivity index (χ0n) is 10.3. The maximum atomic E-state index is 11.1. The van der Waals surface area contributed by atoms with Gasteiger partial charge in [0.1, 0.15) is 11.0 Å². The second kappa shape index (κ2) is 5.26. The number of hydrogen-bond donors (Lipinski definition) is 1. The Morgan fingerprint density at radius 2 is 2.44 bits per heavy atom. The molecule has 0 bridgehead atoms. The molecule has 0 amide bonds. The Labute approximate surface area is 110 Å². The molecule has 2 heterocycles. The van der Waals surface area contributed by atoms with Gasteiger partial charge in [0, 0.05) is 13.1 Å². The van der Waals surface area contributed by atoms with Crippen molar-refractivity contribution in [3.8, 4) is 0 Å². The Balaban J connectivity index is 2.05. The van der Waals surface area contributed by atoms with Crippen molar-refractivity contribution >= 4 is 17.6 Å². The van der Waals surface area contributed by atoms with Crippen molar-refractivity contribution in [2.24, 2.45) is 13.0 Å². The molecule has 0 saturated carbocycles. The second-order valence-electron chi connectivity index (χ2n) is 4.52. The van der Waals surface area contributed by atoms with Crippen molar-refractivity contribution in [3.05, 3.63) is 17.2 Å². The van der Waals surface area contributed by atoms with Gasteiger partial charge in [-0.05, 0) is 7.05 Å². The molecular formula is C11H16ClN3O3. The summed E-state index contributed by atoms with van der Waals surface area (Å²) in [6.07, 6.45) is 1.59. The zero-order chi connectivity index (χ0) is 13.3. The van der Waals surface area contributed by atoms with Crippen LogP contribution in [0.4, 0.5) is 0 Å². The van der Waals surface area contributed by atoms with Crippen LogP contribution in [-0.4, -0.2) is 51.8 Å². The number of carboxylic acid groups (broad SMARTS) is 1. The van der Waals surface area contributed by atoms with E-state index >= 15 is 0 Å². The monoisotopic (exact) mass is 273 g/mol. The van der Waals surface area contributed by atoms with Crippen LogP contribution in [0.2, 0.25) is 5.15 Å². The SMILES string of the molecule is CN(Cc1ncc(Cl)n1C)C1COCC1C(=O)O. The van der Waals surface area contributed by atoms with E-state index in [9.17, 15) is 4.79 Å². The predicted molar refractivity (Wildman–Crippen MR) is 65.4 cm³/mol. The van der Waals surface area contributed by atoms with Gasteiger partial charge in [-0.2, -0.15) is 0 Å². The molecule has 2 atom stereocenters. The number of likely N-dealkylation sites (N-methyl/N-ethyl adjacent to an activating group) is 1. The quantitative estimate of drug-likeness (QED) is 0.870. The van der Waals surface area contributed by atoms with Gasteiger partial charge in [-0.1, -0.05) is 11.6 Å². The molecule has 0 aliphatic carbocycles. The molecule has 18 heavy (non-hydrogen) atoms. The van der Waals surface area contributed by atoms with Crippen molar-refractivity contribution in [2.45, 2.75) is 12.6 Å². The van der Waals surface area contributed by atoms with Crippen LogP contribution in [0.1, 0.15) is 5.82 Å². The molecule has 1 aromatic heterocycles. The number of carbonyl (C=O) groups is 1. The van der Waals surface area contributed by atoms with Crippen LogP contribution < -0.4 is 0 Å². The lowest BCUT2D eigenvalue weighted by atomic mass is 10.0. The minimum absolute atomic E-state index is 0.127. The average Bonchev–Trinajstić information content (AvgIpc) is 2.91. The minimum atomic E-state index is -0.817. The van der Waals surface area contributed by atoms with Crippen LogP contribution in [0.3, 0.4) is 0 Å². The summed E-state index contributed by atoms with van der Waals surface area (Å²) >= 11 is 5.91. The topological polar surface area (TPSA) is 67.6 Å². The van der Waals surface area contributed by atoms with E-state index in [0.717, 1.165) is 5.82 Å². The van der Waals surface area contributed by atoms with Crippen LogP contribution >= 0.6 is 11.6 Å². The van der Waals surface area contributed by atoms with Gasteiger partial charge in [-0.15, -0.1) is 0 Å². The first kappa shape index (κ1) is 13.3. The molecule has 0 aromatic carbocycles. The fourth-order valence-corrected chi connectivity index (χ4v) is 2.27. The summed E-state index contributed by atoms with van der Waals surface area (Å²) in [5, 5.41) is 9.67. The summed E-state index contributed by atoms with van der Waals surface area (Å²) in [4.78, 5) is 17.2. The van der Waals surface area contributed by atoms with Crippen LogP contribution in [0.25, 0.3) is 0 Å². The largest absolute Gasteiger partial charge is 0.481 e. The molecule has 0 spiro atoms. The Morgan fingerprint density at radius 1 is 1.72 bits per heavy atom. The molecule has 2 unspecified atom stereocenters. The number of aliphatic carboxylic acids is 1. The number of ether oxygens (including phenoxy) is 1. The number of halogens is 1. The fourth-order valence-electron chi connectivity index (χ4n) is 2.12. The third-order valence-corrected chi connectivity index (χ3v) is 3.70. The van der Waals surface area contributed by atoms with E-state index in [1.54, 1.807) is 10.8 Å². The molecule has 1 aliphatic heterocycles. The third kappa shape index (κ3) is 2.50. The molecule has 1 fully saturated rings. The first-order chi connectivity index (χ1) is 8.50. The van der Waals surface area contributed by atoms with Crippen LogP contribution in [0.15, 0.2) is 6.20 Å². The van der Waals surface area contributed by atoms with Gasteiger partial charge in [0.25, 0.3) is 0 Å². The van der Waals surface area contributed by atoms with Crippen molar-refractivity contribution in [2.75, 3.05) is 20.3 Å². The van der Waals surface area contributed by atoms with Gasteiger partial charge in [0.05, 0.1) is 31.9 Å². The van der Waals surface area contributed by atoms with Gasteiger partial charge in [-0.3, -0.25) is 9.69 Å². The molecule has 1 aromatic rings. The number of nitrogens with zero attached hydrogens (tertiary/aromatic N) is 3. The van der Waals surface area contributed by atoms with Crippen molar-refractivity contribution in [1.29, 1.82) is 0 Å². The molecular weight excluding hydrogens is 258 g/mol. The second-order valence-corrected chi connectivity index (χ2v) is 4.91. The summed E-state index contributed by atoms with van der Waals surface area (Å²) in [6.45, 7) is 1.25. The highest BCUT2D eigenvalue weighted by Gasteiger charge is 2.36. The normalized spacial score (nSPS) is 23.8. The molecule has 0 radical (unpaired) electrons. The summed E-state index contributed by atoms with van der Waals surface area (Å²) in [5.41, 5.74) is 0. The molecule has 2 rings (SSSR count). The van der Waals surface area contributed by atoms with Crippen molar-refractivity contribution < 1.29 is 14.6 Å². The van der Waals surface area contributed by atoms with Gasteiger partial charge < -0.3 is 14.4 Å². The Morgan fingerprint density at radius 3 is 3.00 bits per heavy atom. The summed E-state index contributed by atoms with van der Waals surface area (Å²) in [6, 6.07) is -0.127. The third-order valence-electron chi connectivity index (χ3n) is 3.35. The van der Waals surface area contributed by atoms with E-state index < -0.39 is 11.9 Å². The maximum absolute atomic E-state index is 11.1. The summed E-state index contributed by atoms with van der Waals surface area (Å²) in [7, 11) is 3.70. The van der Waals surface area contributed by atoms with E-state index in [0.29, 0.717) is 18.3 Å². The Hall–Kier alpha value is -1.11. The van der Waals surface area contributed by atoms with E-state index in [2.05, 4.69) is 4.98 Å². The lowest BCUT2D eigenvalue weighted by Crippen LogP contribution is -2.40. The number of hydrogen-bond acceptors (Lipinski definition) is 4. The minimum Gasteiger partial charge on any atom is -0.481 e. The summed E-state index contributed by atoms with van der Waals surface area (Å²) < 4.78 is 7.03. The highest BCUT2D eigenvalue weighted by atomic mass is 35.5. The van der Waals surface area contributed by atoms with E-state index in [4.69, 9.17) is 21.4 Å². The first-order valence-electron chi connectivity index (χ1n) is 5.67. The number of rotatable bonds is 4. The highest BCUT2D eigenvalue weighted by molar-refractivity contribution is 6.29. The standard InChI is InChI=1S/C11H16ClN3O3/c1-14(4-10-13-3-9(12)15(10)2)8-6-18-5-7(8)11(16)17/h3,7-8H,4-6H2,1-2H3,(H,16,17). The average molecular weight is 274 g/mol. The molecule has 1 N–H and O–H groups in total. The highest BCUT2D eigenvalue weighted by Crippen LogP contribution is 2.21. The zero-order valence-corrected chi connectivity index (χ0v) is 11.1. The van der Waals surface area contributed by atoms with E-state index in [1.165, 1.54) is 0 Å². The van der Waals surface area contributed by atoms with Crippen LogP contribution in [0, 0.1) is 5.92 Å². The lowest BCUT2D eigenvalue weighted by molar-refractivity contribution is -0.143. The molecule has 6 nitrogen and oxygen atoms in total. The molecule has 100 valence electrons. The lowest BCUT2D eigenvalue weighted by Gasteiger charge is -2.25. The van der Waals surface area contributed by atoms with Gasteiger partial charge >= 0.3 is 5.97 Å². The smallest absolute Gasteiger partial charge is 0.310 e. The molecule has 7 heteroatoms. The van der Waals surface area contributed by atoms with E-state index in [1.807, 2.05) is 19.0 Å². The molecule has 1 aliphatic rings. The number of carboxylic acids is 1. The summed E-state index contributed by atoms with van der Waals surface area (Å²) in [5.74, 6) is -0.494. The van der Waals surface area contributed by atoms with Crippen molar-refractivity contribution in [1.82, 2.24) is 14.5 Å². The predicted octanol–water partition coefficient (Wildman–Crippen LogP) is 0.605. The van der Waals surface area contributed by atoms with E-state index in [-0.39, 0.29) is 12.6 Å². The number of imidazole rings is 1. The van der Waals surface area contributed by atoms with Crippen molar-refractivity contribution in [3.63, 3.8) is 0 Å². The fraction of sp³-hybridized carbons (Fsp3) is 0.636. The first-order valence-corrected chi connectivity index (χ1v) is 6.05. The van der Waals surface area contributed by atoms with Crippen LogP contribution in [-0.2, 0) is 23.1 Å². The molecule has 1 saturated heterocycles. The Bertz CT molecular complexity index is 449. The number of aromatic nitrogens is 2. The van der Waals surface area contributed by atoms with Crippen LogP contribution in [0.5, 0.6) is 0 Å². The van der Waals surface area contributed by atoms with Gasteiger partial charge in [0.15, 0.2) is 0 Å². The van der Waals surface area contributed by atoms with Gasteiger partial charge in [0.2, 0.25) is 0 Å². The Kier molecular flexibility index (Phi) is 3.89. The maximum Gasteiger partial charge on any atom is 0.310 e.